The quantitative estimate of drug-likeness (QED) is 0.371. The topological polar surface area (TPSA) is 40.1 Å². The molecule has 52 valence electrons. The van der Waals surface area contributed by atoms with Crippen LogP contribution in [0.15, 0.2) is 0 Å². The Hall–Kier alpha value is 1.46. The van der Waals surface area contributed by atoms with Crippen LogP contribution in [0, 0.1) is 5.41 Å². The first-order valence-corrected chi connectivity index (χ1v) is 3.62. The van der Waals surface area contributed by atoms with Crippen molar-refractivity contribution >= 4 is 18.6 Å². The molecule has 0 heterocycles. The van der Waals surface area contributed by atoms with Gasteiger partial charge in [0.05, 0.1) is 0 Å². The molecule has 0 N–H and O–H groups in total. The van der Waals surface area contributed by atoms with Crippen LogP contribution in [0.25, 0.3) is 0 Å². The van der Waals surface area contributed by atoms with E-state index in [0.717, 1.165) is 12.8 Å². The summed E-state index contributed by atoms with van der Waals surface area (Å²) in [5.74, 6) is -0.261. The molecule has 1 aliphatic rings. The SMILES string of the molecule is O=C([O-])CC1(CS)CC1.[K+]. The molecule has 0 aromatic rings. The Morgan fingerprint density at radius 2 is 2.10 bits per heavy atom. The average molecular weight is 184 g/mol. The van der Waals surface area contributed by atoms with Crippen LogP contribution >= 0.6 is 12.6 Å². The molecule has 0 radical (unpaired) electrons. The number of thiol groups is 1. The van der Waals surface area contributed by atoms with Gasteiger partial charge in [-0.25, -0.2) is 0 Å². The van der Waals surface area contributed by atoms with E-state index in [9.17, 15) is 9.90 Å². The molecule has 0 aromatic heterocycles. The van der Waals surface area contributed by atoms with Crippen LogP contribution in [-0.2, 0) is 4.79 Å². The zero-order valence-electron chi connectivity index (χ0n) is 6.09. The third-order valence-corrected chi connectivity index (χ3v) is 2.48. The third kappa shape index (κ3) is 3.24. The maximum Gasteiger partial charge on any atom is 1.00 e. The number of rotatable bonds is 3. The summed E-state index contributed by atoms with van der Waals surface area (Å²) in [4.78, 5) is 10.1. The summed E-state index contributed by atoms with van der Waals surface area (Å²) in [6, 6.07) is 0. The Kier molecular flexibility index (Phi) is 5.13. The van der Waals surface area contributed by atoms with E-state index in [2.05, 4.69) is 12.6 Å². The average Bonchev–Trinajstić information content (AvgIpc) is 2.48. The van der Waals surface area contributed by atoms with E-state index in [0.29, 0.717) is 5.75 Å². The second-order valence-electron chi connectivity index (χ2n) is 2.71. The van der Waals surface area contributed by atoms with Crippen LogP contribution in [0.1, 0.15) is 19.3 Å². The first-order valence-electron chi connectivity index (χ1n) is 2.99. The number of carbonyl (C=O) groups excluding carboxylic acids is 1. The molecule has 0 spiro atoms. The van der Waals surface area contributed by atoms with E-state index >= 15 is 0 Å². The summed E-state index contributed by atoms with van der Waals surface area (Å²) in [7, 11) is 0. The van der Waals surface area contributed by atoms with Crippen LogP contribution in [0.3, 0.4) is 0 Å². The molecule has 0 saturated heterocycles. The molecule has 0 bridgehead atoms. The van der Waals surface area contributed by atoms with Crippen molar-refractivity contribution < 1.29 is 61.3 Å². The summed E-state index contributed by atoms with van der Waals surface area (Å²) >= 11 is 4.05. The minimum absolute atomic E-state index is 0. The number of aliphatic carboxylic acids is 1. The van der Waals surface area contributed by atoms with Gasteiger partial charge in [0.15, 0.2) is 0 Å². The molecule has 1 rings (SSSR count). The van der Waals surface area contributed by atoms with E-state index in [-0.39, 0.29) is 63.2 Å². The van der Waals surface area contributed by atoms with E-state index < -0.39 is 5.97 Å². The van der Waals surface area contributed by atoms with Crippen molar-refractivity contribution in [3.05, 3.63) is 0 Å². The van der Waals surface area contributed by atoms with Gasteiger partial charge in [-0.05, 0) is 30.4 Å². The van der Waals surface area contributed by atoms with E-state index in [1.165, 1.54) is 0 Å². The smallest absolute Gasteiger partial charge is 0.550 e. The summed E-state index contributed by atoms with van der Waals surface area (Å²) in [6.07, 6.45) is 2.20. The second-order valence-corrected chi connectivity index (χ2v) is 3.02. The fourth-order valence-electron chi connectivity index (χ4n) is 0.874. The molecule has 2 nitrogen and oxygen atoms in total. The minimum Gasteiger partial charge on any atom is -0.550 e. The van der Waals surface area contributed by atoms with Gasteiger partial charge < -0.3 is 9.90 Å². The standard InChI is InChI=1S/C6H10O2S.K/c7-5(8)3-6(4-9)1-2-6;/h9H,1-4H2,(H,7,8);/q;+1/p-1. The molecule has 10 heavy (non-hydrogen) atoms. The number of carboxylic acids is 1. The molecule has 0 unspecified atom stereocenters. The third-order valence-electron chi connectivity index (χ3n) is 1.81. The Morgan fingerprint density at radius 3 is 2.20 bits per heavy atom. The minimum atomic E-state index is -0.943. The summed E-state index contributed by atoms with van der Waals surface area (Å²) < 4.78 is 0. The fourth-order valence-corrected chi connectivity index (χ4v) is 1.30. The Bertz CT molecular complexity index is 134. The van der Waals surface area contributed by atoms with E-state index in [4.69, 9.17) is 0 Å². The Morgan fingerprint density at radius 1 is 1.60 bits per heavy atom. The van der Waals surface area contributed by atoms with Crippen molar-refractivity contribution in [2.24, 2.45) is 5.41 Å². The van der Waals surface area contributed by atoms with Gasteiger partial charge in [-0.3, -0.25) is 0 Å². The maximum atomic E-state index is 10.1. The number of carboxylic acid groups (broad SMARTS) is 1. The van der Waals surface area contributed by atoms with E-state index in [1.54, 1.807) is 0 Å². The van der Waals surface area contributed by atoms with Crippen LogP contribution in [0.2, 0.25) is 0 Å². The van der Waals surface area contributed by atoms with Gasteiger partial charge in [-0.15, -0.1) is 0 Å². The monoisotopic (exact) mass is 184 g/mol. The molecule has 1 saturated carbocycles. The van der Waals surface area contributed by atoms with E-state index in [1.807, 2.05) is 0 Å². The van der Waals surface area contributed by atoms with Gasteiger partial charge in [-0.1, -0.05) is 0 Å². The van der Waals surface area contributed by atoms with Gasteiger partial charge >= 0.3 is 51.4 Å². The van der Waals surface area contributed by atoms with Crippen molar-refractivity contribution in [3.63, 3.8) is 0 Å². The maximum absolute atomic E-state index is 10.1. The molecule has 0 amide bonds. The summed E-state index contributed by atoms with van der Waals surface area (Å²) in [5.41, 5.74) is 0.0158. The van der Waals surface area contributed by atoms with Gasteiger partial charge in [0.25, 0.3) is 0 Å². The fraction of sp³-hybridized carbons (Fsp3) is 0.833. The van der Waals surface area contributed by atoms with Crippen molar-refractivity contribution in [2.45, 2.75) is 19.3 Å². The van der Waals surface area contributed by atoms with Gasteiger partial charge in [0.2, 0.25) is 0 Å². The molecule has 4 heteroatoms. The van der Waals surface area contributed by atoms with Crippen molar-refractivity contribution in [1.29, 1.82) is 0 Å². The molecular formula is C6H9KO2S. The molecule has 0 aliphatic heterocycles. The predicted molar refractivity (Wildman–Crippen MR) is 35.1 cm³/mol. The predicted octanol–water partition coefficient (Wildman–Crippen LogP) is -3.16. The largest absolute Gasteiger partial charge is 1.00 e. The van der Waals surface area contributed by atoms with Gasteiger partial charge in [0.1, 0.15) is 0 Å². The zero-order valence-corrected chi connectivity index (χ0v) is 10.1. The molecule has 1 fully saturated rings. The summed E-state index contributed by atoms with van der Waals surface area (Å²) in [5, 5.41) is 10.1. The number of hydrogen-bond acceptors (Lipinski definition) is 3. The molecule has 1 aliphatic carbocycles. The normalized spacial score (nSPS) is 19.3. The molecule has 0 atom stereocenters. The second kappa shape index (κ2) is 4.47. The van der Waals surface area contributed by atoms with Crippen LogP contribution in [0.5, 0.6) is 0 Å². The number of carbonyl (C=O) groups is 1. The zero-order chi connectivity index (χ0) is 6.91. The van der Waals surface area contributed by atoms with Crippen molar-refractivity contribution in [3.8, 4) is 0 Å². The van der Waals surface area contributed by atoms with Crippen LogP contribution in [-0.4, -0.2) is 11.7 Å². The Labute approximate surface area is 109 Å². The first kappa shape index (κ1) is 11.5. The number of hydrogen-bond donors (Lipinski definition) is 1. The van der Waals surface area contributed by atoms with Crippen molar-refractivity contribution in [1.82, 2.24) is 0 Å². The van der Waals surface area contributed by atoms with Gasteiger partial charge in [0, 0.05) is 5.97 Å². The van der Waals surface area contributed by atoms with Gasteiger partial charge in [-0.2, -0.15) is 12.6 Å². The summed E-state index contributed by atoms with van der Waals surface area (Å²) in [6.45, 7) is 0. The van der Waals surface area contributed by atoms with Crippen molar-refractivity contribution in [2.75, 3.05) is 5.75 Å². The molecule has 0 aromatic carbocycles. The first-order chi connectivity index (χ1) is 4.18. The van der Waals surface area contributed by atoms with Crippen LogP contribution in [0.4, 0.5) is 0 Å². The Balaban J connectivity index is 0.000000810. The molecular weight excluding hydrogens is 175 g/mol. The van der Waals surface area contributed by atoms with Crippen LogP contribution < -0.4 is 56.5 Å².